The minimum Gasteiger partial charge on any atom is -0.369 e. The molecule has 88 valence electrons. The maximum atomic E-state index is 11.1. The van der Waals surface area contributed by atoms with Crippen LogP contribution in [0.1, 0.15) is 38.7 Å². The zero-order chi connectivity index (χ0) is 12.0. The molecular formula is C14H21NO. The van der Waals surface area contributed by atoms with E-state index in [1.54, 1.807) is 0 Å². The van der Waals surface area contributed by atoms with Crippen molar-refractivity contribution < 1.29 is 4.79 Å². The highest BCUT2D eigenvalue weighted by Gasteiger charge is 2.23. The summed E-state index contributed by atoms with van der Waals surface area (Å²) in [5.74, 6) is -0.202. The first kappa shape index (κ1) is 12.8. The second-order valence-electron chi connectivity index (χ2n) is 4.94. The Morgan fingerprint density at radius 3 is 2.38 bits per heavy atom. The molecule has 0 unspecified atom stereocenters. The van der Waals surface area contributed by atoms with Crippen molar-refractivity contribution in [3.05, 3.63) is 35.9 Å². The van der Waals surface area contributed by atoms with Crippen LogP contribution < -0.4 is 5.73 Å². The lowest BCUT2D eigenvalue weighted by Gasteiger charge is -2.19. The SMILES string of the molecule is CC(C)(CCCCc1ccccc1)C(N)=O. The van der Waals surface area contributed by atoms with Gasteiger partial charge in [0.1, 0.15) is 0 Å². The van der Waals surface area contributed by atoms with Gasteiger partial charge in [-0.1, -0.05) is 50.6 Å². The number of aryl methyl sites for hydroxylation is 1. The molecule has 0 aliphatic heterocycles. The van der Waals surface area contributed by atoms with Gasteiger partial charge in [-0.3, -0.25) is 4.79 Å². The monoisotopic (exact) mass is 219 g/mol. The zero-order valence-electron chi connectivity index (χ0n) is 10.2. The lowest BCUT2D eigenvalue weighted by molar-refractivity contribution is -0.126. The van der Waals surface area contributed by atoms with Crippen LogP contribution in [-0.2, 0) is 11.2 Å². The standard InChI is InChI=1S/C14H21NO/c1-14(2,13(15)16)11-7-6-10-12-8-4-3-5-9-12/h3-5,8-9H,6-7,10-11H2,1-2H3,(H2,15,16). The number of hydrogen-bond donors (Lipinski definition) is 1. The van der Waals surface area contributed by atoms with E-state index in [0.29, 0.717) is 0 Å². The van der Waals surface area contributed by atoms with E-state index in [4.69, 9.17) is 5.73 Å². The van der Waals surface area contributed by atoms with Crippen molar-refractivity contribution in [2.75, 3.05) is 0 Å². The highest BCUT2D eigenvalue weighted by atomic mass is 16.1. The number of carbonyl (C=O) groups is 1. The molecule has 2 nitrogen and oxygen atoms in total. The Morgan fingerprint density at radius 1 is 1.19 bits per heavy atom. The van der Waals surface area contributed by atoms with Crippen LogP contribution in [0.4, 0.5) is 0 Å². The van der Waals surface area contributed by atoms with Gasteiger partial charge in [0.25, 0.3) is 0 Å². The van der Waals surface area contributed by atoms with E-state index >= 15 is 0 Å². The predicted octanol–water partition coefficient (Wildman–Crippen LogP) is 2.91. The molecule has 0 spiro atoms. The number of rotatable bonds is 6. The van der Waals surface area contributed by atoms with Gasteiger partial charge in [-0.25, -0.2) is 0 Å². The van der Waals surface area contributed by atoms with Crippen molar-refractivity contribution in [3.63, 3.8) is 0 Å². The van der Waals surface area contributed by atoms with Crippen molar-refractivity contribution in [1.82, 2.24) is 0 Å². The molecule has 0 saturated heterocycles. The highest BCUT2D eigenvalue weighted by molar-refractivity contribution is 5.79. The van der Waals surface area contributed by atoms with Gasteiger partial charge in [-0.05, 0) is 24.8 Å². The second kappa shape index (κ2) is 5.69. The third kappa shape index (κ3) is 4.05. The normalized spacial score (nSPS) is 11.4. The molecule has 1 amide bonds. The van der Waals surface area contributed by atoms with Crippen LogP contribution >= 0.6 is 0 Å². The third-order valence-electron chi connectivity index (χ3n) is 3.03. The first-order chi connectivity index (χ1) is 7.52. The summed E-state index contributed by atoms with van der Waals surface area (Å²) in [6.45, 7) is 3.83. The van der Waals surface area contributed by atoms with Crippen LogP contribution in [0.15, 0.2) is 30.3 Å². The number of benzene rings is 1. The summed E-state index contributed by atoms with van der Waals surface area (Å²) in [5.41, 5.74) is 6.32. The summed E-state index contributed by atoms with van der Waals surface area (Å²) >= 11 is 0. The van der Waals surface area contributed by atoms with Crippen molar-refractivity contribution in [3.8, 4) is 0 Å². The van der Waals surface area contributed by atoms with Gasteiger partial charge in [0, 0.05) is 5.41 Å². The molecule has 2 N–H and O–H groups in total. The molecule has 1 aromatic carbocycles. The topological polar surface area (TPSA) is 43.1 Å². The van der Waals surface area contributed by atoms with Crippen molar-refractivity contribution in [2.45, 2.75) is 39.5 Å². The summed E-state index contributed by atoms with van der Waals surface area (Å²) in [6.07, 6.45) is 4.11. The Balaban J connectivity index is 2.25. The van der Waals surface area contributed by atoms with E-state index < -0.39 is 0 Å². The molecule has 0 atom stereocenters. The fraction of sp³-hybridized carbons (Fsp3) is 0.500. The Labute approximate surface area is 97.9 Å². The van der Waals surface area contributed by atoms with Gasteiger partial charge in [0.15, 0.2) is 0 Å². The van der Waals surface area contributed by atoms with Crippen molar-refractivity contribution in [2.24, 2.45) is 11.1 Å². The van der Waals surface area contributed by atoms with E-state index in [1.807, 2.05) is 19.9 Å². The predicted molar refractivity (Wildman–Crippen MR) is 67.0 cm³/mol. The number of carbonyl (C=O) groups excluding carboxylic acids is 1. The number of amides is 1. The minimum absolute atomic E-state index is 0.202. The molecule has 0 aromatic heterocycles. The molecule has 16 heavy (non-hydrogen) atoms. The Bertz CT molecular complexity index is 330. The van der Waals surface area contributed by atoms with E-state index in [-0.39, 0.29) is 11.3 Å². The molecule has 0 radical (unpaired) electrons. The quantitative estimate of drug-likeness (QED) is 0.734. The molecule has 2 heteroatoms. The molecule has 0 fully saturated rings. The Hall–Kier alpha value is -1.31. The smallest absolute Gasteiger partial charge is 0.223 e. The van der Waals surface area contributed by atoms with E-state index in [2.05, 4.69) is 24.3 Å². The molecule has 0 bridgehead atoms. The average molecular weight is 219 g/mol. The molecule has 0 aliphatic rings. The van der Waals surface area contributed by atoms with Crippen LogP contribution in [0.5, 0.6) is 0 Å². The largest absolute Gasteiger partial charge is 0.369 e. The average Bonchev–Trinajstić information content (AvgIpc) is 2.26. The van der Waals surface area contributed by atoms with Crippen LogP contribution in [-0.4, -0.2) is 5.91 Å². The van der Waals surface area contributed by atoms with E-state index in [9.17, 15) is 4.79 Å². The summed E-state index contributed by atoms with van der Waals surface area (Å²) in [6, 6.07) is 10.4. The summed E-state index contributed by atoms with van der Waals surface area (Å²) in [4.78, 5) is 11.1. The van der Waals surface area contributed by atoms with Gasteiger partial charge >= 0.3 is 0 Å². The fourth-order valence-electron chi connectivity index (χ4n) is 1.66. The number of unbranched alkanes of at least 4 members (excludes halogenated alkanes) is 1. The van der Waals surface area contributed by atoms with Gasteiger partial charge < -0.3 is 5.73 Å². The Kier molecular flexibility index (Phi) is 4.53. The van der Waals surface area contributed by atoms with Gasteiger partial charge in [0.2, 0.25) is 5.91 Å². The van der Waals surface area contributed by atoms with E-state index in [1.165, 1.54) is 5.56 Å². The van der Waals surface area contributed by atoms with Gasteiger partial charge in [-0.15, -0.1) is 0 Å². The highest BCUT2D eigenvalue weighted by Crippen LogP contribution is 2.23. The third-order valence-corrected chi connectivity index (χ3v) is 3.03. The molecule has 0 aliphatic carbocycles. The molecule has 1 aromatic rings. The van der Waals surface area contributed by atoms with Gasteiger partial charge in [-0.2, -0.15) is 0 Å². The summed E-state index contributed by atoms with van der Waals surface area (Å²) in [5, 5.41) is 0. The number of hydrogen-bond acceptors (Lipinski definition) is 1. The first-order valence-electron chi connectivity index (χ1n) is 5.86. The fourth-order valence-corrected chi connectivity index (χ4v) is 1.66. The maximum Gasteiger partial charge on any atom is 0.223 e. The van der Waals surface area contributed by atoms with Crippen LogP contribution in [0.3, 0.4) is 0 Å². The molecular weight excluding hydrogens is 198 g/mol. The van der Waals surface area contributed by atoms with Crippen LogP contribution in [0, 0.1) is 5.41 Å². The number of primary amides is 1. The van der Waals surface area contributed by atoms with Crippen molar-refractivity contribution >= 4 is 5.91 Å². The van der Waals surface area contributed by atoms with E-state index in [0.717, 1.165) is 25.7 Å². The maximum absolute atomic E-state index is 11.1. The van der Waals surface area contributed by atoms with Crippen molar-refractivity contribution in [1.29, 1.82) is 0 Å². The minimum atomic E-state index is -0.364. The first-order valence-corrected chi connectivity index (χ1v) is 5.86. The zero-order valence-corrected chi connectivity index (χ0v) is 10.2. The molecule has 0 heterocycles. The molecule has 0 saturated carbocycles. The summed E-state index contributed by atoms with van der Waals surface area (Å²) < 4.78 is 0. The summed E-state index contributed by atoms with van der Waals surface area (Å²) in [7, 11) is 0. The van der Waals surface area contributed by atoms with Crippen LogP contribution in [0.25, 0.3) is 0 Å². The Morgan fingerprint density at radius 2 is 1.81 bits per heavy atom. The lowest BCUT2D eigenvalue weighted by atomic mass is 9.86. The van der Waals surface area contributed by atoms with Gasteiger partial charge in [0.05, 0.1) is 0 Å². The molecule has 1 rings (SSSR count). The number of nitrogens with two attached hydrogens (primary N) is 1. The van der Waals surface area contributed by atoms with Crippen LogP contribution in [0.2, 0.25) is 0 Å². The lowest BCUT2D eigenvalue weighted by Crippen LogP contribution is -2.31. The second-order valence-corrected chi connectivity index (χ2v) is 4.94.